The zero-order valence-electron chi connectivity index (χ0n) is 13.6. The molecule has 0 unspecified atom stereocenters. The van der Waals surface area contributed by atoms with Gasteiger partial charge in [0.1, 0.15) is 23.1 Å². The maximum absolute atomic E-state index is 6.30. The molecule has 0 spiro atoms. The second-order valence-electron chi connectivity index (χ2n) is 5.77. The van der Waals surface area contributed by atoms with Crippen LogP contribution in [0.4, 0.5) is 5.82 Å². The van der Waals surface area contributed by atoms with E-state index in [9.17, 15) is 0 Å². The van der Waals surface area contributed by atoms with Crippen LogP contribution in [0.3, 0.4) is 0 Å². The van der Waals surface area contributed by atoms with Crippen LogP contribution in [0.25, 0.3) is 11.3 Å². The van der Waals surface area contributed by atoms with Gasteiger partial charge >= 0.3 is 0 Å². The summed E-state index contributed by atoms with van der Waals surface area (Å²) in [6.07, 6.45) is 1.05. The van der Waals surface area contributed by atoms with Gasteiger partial charge in [0.15, 0.2) is 0 Å². The molecule has 4 heteroatoms. The lowest BCUT2D eigenvalue weighted by atomic mass is 10.1. The molecule has 114 valence electrons. The first-order chi connectivity index (χ1) is 9.93. The molecule has 2 N–H and O–H groups in total. The fourth-order valence-corrected chi connectivity index (χ4v) is 2.49. The highest BCUT2D eigenvalue weighted by molar-refractivity contribution is 5.71. The molecule has 0 saturated heterocycles. The number of ether oxygens (including phenoxy) is 1. The summed E-state index contributed by atoms with van der Waals surface area (Å²) in [7, 11) is 0. The van der Waals surface area contributed by atoms with Gasteiger partial charge in [-0.15, -0.1) is 0 Å². The number of rotatable bonds is 5. The number of nitrogens with zero attached hydrogens (tertiary/aromatic N) is 2. The lowest BCUT2D eigenvalue weighted by Crippen LogP contribution is -2.08. The number of nitrogens with two attached hydrogens (primary N) is 1. The summed E-state index contributed by atoms with van der Waals surface area (Å²) in [6, 6.07) is 8.27. The quantitative estimate of drug-likeness (QED) is 0.902. The molecule has 0 aliphatic heterocycles. The molecule has 21 heavy (non-hydrogen) atoms. The minimum Gasteiger partial charge on any atom is -0.491 e. The maximum Gasteiger partial charge on any atom is 0.131 e. The van der Waals surface area contributed by atoms with Gasteiger partial charge in [-0.3, -0.25) is 0 Å². The minimum absolute atomic E-state index is 0.174. The lowest BCUT2D eigenvalue weighted by Gasteiger charge is -2.12. The molecule has 0 bridgehead atoms. The molecule has 0 aliphatic carbocycles. The van der Waals surface area contributed by atoms with Crippen LogP contribution >= 0.6 is 0 Å². The van der Waals surface area contributed by atoms with Gasteiger partial charge < -0.3 is 15.0 Å². The monoisotopic (exact) mass is 287 g/mol. The second-order valence-corrected chi connectivity index (χ2v) is 5.77. The van der Waals surface area contributed by atoms with E-state index in [0.29, 0.717) is 6.04 Å². The first-order valence-corrected chi connectivity index (χ1v) is 7.57. The van der Waals surface area contributed by atoms with E-state index in [1.807, 2.05) is 38.1 Å². The number of hydrogen-bond donors (Lipinski definition) is 1. The second kappa shape index (κ2) is 6.20. The number of anilines is 1. The van der Waals surface area contributed by atoms with Gasteiger partial charge in [0.05, 0.1) is 6.10 Å². The molecule has 0 aliphatic rings. The van der Waals surface area contributed by atoms with E-state index >= 15 is 0 Å². The molecule has 1 aromatic heterocycles. The van der Waals surface area contributed by atoms with Crippen LogP contribution < -0.4 is 10.5 Å². The maximum atomic E-state index is 6.30. The van der Waals surface area contributed by atoms with E-state index < -0.39 is 0 Å². The molecule has 4 nitrogen and oxygen atoms in total. The SMILES string of the molecule is CCc1nc(-c2ccc(OC(C)C)cc2)c(N)n1C(C)C. The van der Waals surface area contributed by atoms with Gasteiger partial charge in [0.25, 0.3) is 0 Å². The Morgan fingerprint density at radius 1 is 1.14 bits per heavy atom. The first-order valence-electron chi connectivity index (χ1n) is 7.57. The average molecular weight is 287 g/mol. The molecule has 0 fully saturated rings. The van der Waals surface area contributed by atoms with Crippen LogP contribution in [0.5, 0.6) is 5.75 Å². The molecular formula is C17H25N3O. The van der Waals surface area contributed by atoms with Crippen molar-refractivity contribution in [3.8, 4) is 17.0 Å². The van der Waals surface area contributed by atoms with Crippen LogP contribution in [-0.4, -0.2) is 15.7 Å². The number of nitrogen functional groups attached to an aromatic ring is 1. The number of imidazole rings is 1. The van der Waals surface area contributed by atoms with Gasteiger partial charge in [-0.25, -0.2) is 4.98 Å². The fraction of sp³-hybridized carbons (Fsp3) is 0.471. The Labute approximate surface area is 127 Å². The topological polar surface area (TPSA) is 53.1 Å². The Kier molecular flexibility index (Phi) is 4.56. The molecule has 1 heterocycles. The van der Waals surface area contributed by atoms with Crippen molar-refractivity contribution < 1.29 is 4.74 Å². The van der Waals surface area contributed by atoms with Crippen molar-refractivity contribution in [2.24, 2.45) is 0 Å². The van der Waals surface area contributed by atoms with Crippen LogP contribution in [0.15, 0.2) is 24.3 Å². The van der Waals surface area contributed by atoms with Crippen LogP contribution in [0.1, 0.15) is 46.5 Å². The predicted molar refractivity (Wildman–Crippen MR) is 87.6 cm³/mol. The standard InChI is InChI=1S/C17H25N3O/c1-6-15-19-16(17(18)20(15)11(2)3)13-7-9-14(10-8-13)21-12(4)5/h7-12H,6,18H2,1-5H3. The lowest BCUT2D eigenvalue weighted by molar-refractivity contribution is 0.242. The molecule has 2 aromatic rings. The summed E-state index contributed by atoms with van der Waals surface area (Å²) in [6.45, 7) is 10.4. The van der Waals surface area contributed by atoms with Gasteiger partial charge in [0, 0.05) is 18.0 Å². The van der Waals surface area contributed by atoms with E-state index in [0.717, 1.165) is 35.1 Å². The van der Waals surface area contributed by atoms with Gasteiger partial charge in [-0.05, 0) is 52.0 Å². The van der Waals surface area contributed by atoms with Crippen molar-refractivity contribution >= 4 is 5.82 Å². The Hall–Kier alpha value is -1.97. The summed E-state index contributed by atoms with van der Waals surface area (Å²) < 4.78 is 7.77. The molecule has 0 atom stereocenters. The van der Waals surface area contributed by atoms with Crippen LogP contribution in [0, 0.1) is 0 Å². The fourth-order valence-electron chi connectivity index (χ4n) is 2.49. The van der Waals surface area contributed by atoms with E-state index in [2.05, 4.69) is 25.3 Å². The third-order valence-electron chi connectivity index (χ3n) is 3.35. The molecule has 2 rings (SSSR count). The molecule has 0 amide bonds. The zero-order valence-corrected chi connectivity index (χ0v) is 13.6. The highest BCUT2D eigenvalue weighted by Crippen LogP contribution is 2.30. The summed E-state index contributed by atoms with van der Waals surface area (Å²) >= 11 is 0. The normalized spacial score (nSPS) is 11.4. The third kappa shape index (κ3) is 3.20. The zero-order chi connectivity index (χ0) is 15.6. The molecular weight excluding hydrogens is 262 g/mol. The Morgan fingerprint density at radius 2 is 1.76 bits per heavy atom. The Balaban J connectivity index is 2.38. The third-order valence-corrected chi connectivity index (χ3v) is 3.35. The molecule has 0 radical (unpaired) electrons. The van der Waals surface area contributed by atoms with E-state index in [4.69, 9.17) is 15.5 Å². The van der Waals surface area contributed by atoms with E-state index in [1.165, 1.54) is 0 Å². The Bertz CT molecular complexity index is 597. The summed E-state index contributed by atoms with van der Waals surface area (Å²) in [5.41, 5.74) is 8.18. The van der Waals surface area contributed by atoms with Crippen molar-refractivity contribution in [1.29, 1.82) is 0 Å². The minimum atomic E-state index is 0.174. The summed E-state index contributed by atoms with van der Waals surface area (Å²) in [5, 5.41) is 0. The van der Waals surface area contributed by atoms with Crippen molar-refractivity contribution in [2.75, 3.05) is 5.73 Å². The average Bonchev–Trinajstić information content (AvgIpc) is 2.76. The Morgan fingerprint density at radius 3 is 2.19 bits per heavy atom. The van der Waals surface area contributed by atoms with Crippen LogP contribution in [-0.2, 0) is 6.42 Å². The van der Waals surface area contributed by atoms with Crippen molar-refractivity contribution in [3.63, 3.8) is 0 Å². The highest BCUT2D eigenvalue weighted by atomic mass is 16.5. The van der Waals surface area contributed by atoms with Gasteiger partial charge in [-0.1, -0.05) is 6.92 Å². The largest absolute Gasteiger partial charge is 0.491 e. The highest BCUT2D eigenvalue weighted by Gasteiger charge is 2.17. The van der Waals surface area contributed by atoms with Crippen molar-refractivity contribution in [2.45, 2.75) is 53.2 Å². The number of hydrogen-bond acceptors (Lipinski definition) is 3. The number of benzene rings is 1. The predicted octanol–water partition coefficient (Wildman–Crippen LogP) is 4.06. The van der Waals surface area contributed by atoms with E-state index in [-0.39, 0.29) is 6.10 Å². The number of aromatic nitrogens is 2. The summed E-state index contributed by atoms with van der Waals surface area (Å²) in [4.78, 5) is 4.71. The summed E-state index contributed by atoms with van der Waals surface area (Å²) in [5.74, 6) is 2.63. The van der Waals surface area contributed by atoms with Gasteiger partial charge in [0.2, 0.25) is 0 Å². The van der Waals surface area contributed by atoms with Crippen LogP contribution in [0.2, 0.25) is 0 Å². The molecule has 1 aromatic carbocycles. The van der Waals surface area contributed by atoms with Gasteiger partial charge in [-0.2, -0.15) is 0 Å². The first kappa shape index (κ1) is 15.4. The smallest absolute Gasteiger partial charge is 0.131 e. The van der Waals surface area contributed by atoms with Crippen molar-refractivity contribution in [3.05, 3.63) is 30.1 Å². The number of aryl methyl sites for hydroxylation is 1. The van der Waals surface area contributed by atoms with Crippen molar-refractivity contribution in [1.82, 2.24) is 9.55 Å². The van der Waals surface area contributed by atoms with E-state index in [1.54, 1.807) is 0 Å². The molecule has 0 saturated carbocycles.